The summed E-state index contributed by atoms with van der Waals surface area (Å²) in [5.41, 5.74) is 0. The number of aliphatic hydroxyl groups is 2. The molecular formula is C24H49NO4. The van der Waals surface area contributed by atoms with Crippen LogP contribution >= 0.6 is 0 Å². The fourth-order valence-corrected chi connectivity index (χ4v) is 2.85. The van der Waals surface area contributed by atoms with Crippen LogP contribution in [0.2, 0.25) is 0 Å². The van der Waals surface area contributed by atoms with Gasteiger partial charge in [0.15, 0.2) is 0 Å². The molecule has 174 valence electrons. The summed E-state index contributed by atoms with van der Waals surface area (Å²) >= 11 is 0. The molecule has 0 aliphatic rings. The van der Waals surface area contributed by atoms with Crippen LogP contribution in [-0.4, -0.2) is 46.6 Å². The van der Waals surface area contributed by atoms with Crippen LogP contribution in [0.15, 0.2) is 12.2 Å². The van der Waals surface area contributed by atoms with E-state index in [1.54, 1.807) is 13.8 Å². The average Bonchev–Trinajstić information content (AvgIpc) is 2.64. The standard InChI is InChI=1S/C18H34O2.C6H15NO2/c1-2-3-4-5-6-7-8-9-10-11-12-13-14-15-16-17-18(19)20;1-5(8)3-7-4-6(2)9/h9-10H,2-8,11-17H2,1H3,(H,19,20);5-9H,3-4H2,1-2H3/b10-9-;. The number of nitrogens with one attached hydrogen (secondary N) is 1. The van der Waals surface area contributed by atoms with Crippen molar-refractivity contribution in [2.24, 2.45) is 0 Å². The van der Waals surface area contributed by atoms with Crippen molar-refractivity contribution in [2.45, 2.75) is 123 Å². The molecule has 0 spiro atoms. The minimum atomic E-state index is -0.664. The van der Waals surface area contributed by atoms with Gasteiger partial charge in [-0.15, -0.1) is 0 Å². The highest BCUT2D eigenvalue weighted by Gasteiger charge is 1.97. The van der Waals surface area contributed by atoms with Gasteiger partial charge in [-0.25, -0.2) is 0 Å². The lowest BCUT2D eigenvalue weighted by Crippen LogP contribution is -2.30. The molecule has 0 radical (unpaired) electrons. The molecule has 0 fully saturated rings. The van der Waals surface area contributed by atoms with E-state index in [1.165, 1.54) is 70.6 Å². The first-order valence-corrected chi connectivity index (χ1v) is 11.8. The fourth-order valence-electron chi connectivity index (χ4n) is 2.85. The Kier molecular flexibility index (Phi) is 26.2. The average molecular weight is 416 g/mol. The van der Waals surface area contributed by atoms with Crippen LogP contribution in [-0.2, 0) is 4.79 Å². The van der Waals surface area contributed by atoms with Gasteiger partial charge in [0.05, 0.1) is 12.2 Å². The van der Waals surface area contributed by atoms with Crippen LogP contribution in [0, 0.1) is 0 Å². The van der Waals surface area contributed by atoms with Crippen molar-refractivity contribution in [3.63, 3.8) is 0 Å². The highest BCUT2D eigenvalue weighted by atomic mass is 16.4. The molecule has 2 unspecified atom stereocenters. The van der Waals surface area contributed by atoms with Crippen LogP contribution in [0.4, 0.5) is 0 Å². The topological polar surface area (TPSA) is 89.8 Å². The van der Waals surface area contributed by atoms with Gasteiger partial charge in [-0.1, -0.05) is 70.4 Å². The third kappa shape index (κ3) is 34.9. The van der Waals surface area contributed by atoms with Gasteiger partial charge in [0, 0.05) is 19.5 Å². The summed E-state index contributed by atoms with van der Waals surface area (Å²) in [6.45, 7) is 6.76. The van der Waals surface area contributed by atoms with Gasteiger partial charge >= 0.3 is 5.97 Å². The maximum atomic E-state index is 10.3. The lowest BCUT2D eigenvalue weighted by Gasteiger charge is -2.07. The van der Waals surface area contributed by atoms with Crippen LogP contribution in [0.1, 0.15) is 111 Å². The molecule has 29 heavy (non-hydrogen) atoms. The molecule has 0 amide bonds. The second-order valence-electron chi connectivity index (χ2n) is 8.08. The van der Waals surface area contributed by atoms with Crippen molar-refractivity contribution < 1.29 is 20.1 Å². The monoisotopic (exact) mass is 415 g/mol. The molecule has 0 rings (SSSR count). The highest BCUT2D eigenvalue weighted by Crippen LogP contribution is 2.09. The zero-order valence-electron chi connectivity index (χ0n) is 19.4. The number of carboxylic acids is 1. The van der Waals surface area contributed by atoms with Crippen molar-refractivity contribution in [2.75, 3.05) is 13.1 Å². The number of carboxylic acid groups (broad SMARTS) is 1. The Bertz CT molecular complexity index is 349. The van der Waals surface area contributed by atoms with E-state index in [9.17, 15) is 4.79 Å². The highest BCUT2D eigenvalue weighted by molar-refractivity contribution is 5.66. The zero-order chi connectivity index (χ0) is 22.2. The molecule has 5 nitrogen and oxygen atoms in total. The Hall–Kier alpha value is -0.910. The summed E-state index contributed by atoms with van der Waals surface area (Å²) in [6.07, 6.45) is 20.6. The summed E-state index contributed by atoms with van der Waals surface area (Å²) in [5.74, 6) is -0.664. The lowest BCUT2D eigenvalue weighted by molar-refractivity contribution is -0.137. The molecule has 0 heterocycles. The minimum Gasteiger partial charge on any atom is -0.481 e. The number of hydrogen-bond acceptors (Lipinski definition) is 4. The Morgan fingerprint density at radius 1 is 0.759 bits per heavy atom. The summed E-state index contributed by atoms with van der Waals surface area (Å²) in [4.78, 5) is 10.3. The van der Waals surface area contributed by atoms with Gasteiger partial charge in [0.2, 0.25) is 0 Å². The van der Waals surface area contributed by atoms with Crippen molar-refractivity contribution in [1.29, 1.82) is 0 Å². The van der Waals surface area contributed by atoms with E-state index < -0.39 is 5.97 Å². The minimum absolute atomic E-state index is 0.330. The Morgan fingerprint density at radius 2 is 1.17 bits per heavy atom. The van der Waals surface area contributed by atoms with Gasteiger partial charge < -0.3 is 20.6 Å². The molecular weight excluding hydrogens is 366 g/mol. The van der Waals surface area contributed by atoms with Gasteiger partial charge in [-0.05, 0) is 46.0 Å². The van der Waals surface area contributed by atoms with Crippen molar-refractivity contribution >= 4 is 5.97 Å². The fraction of sp³-hybridized carbons (Fsp3) is 0.875. The summed E-state index contributed by atoms with van der Waals surface area (Å²) < 4.78 is 0. The first-order chi connectivity index (χ1) is 13.9. The predicted octanol–water partition coefficient (Wildman–Crippen LogP) is 5.45. The largest absolute Gasteiger partial charge is 0.481 e. The molecule has 4 N–H and O–H groups in total. The van der Waals surface area contributed by atoms with E-state index in [0.717, 1.165) is 12.8 Å². The normalized spacial score (nSPS) is 13.1. The second-order valence-corrected chi connectivity index (χ2v) is 8.08. The molecule has 0 aromatic carbocycles. The molecule has 0 saturated heterocycles. The van der Waals surface area contributed by atoms with Gasteiger partial charge in [0.25, 0.3) is 0 Å². The van der Waals surface area contributed by atoms with E-state index in [4.69, 9.17) is 15.3 Å². The smallest absolute Gasteiger partial charge is 0.303 e. The number of allylic oxidation sites excluding steroid dienone is 2. The molecule has 0 aromatic rings. The maximum Gasteiger partial charge on any atom is 0.303 e. The number of rotatable bonds is 19. The van der Waals surface area contributed by atoms with E-state index in [2.05, 4.69) is 24.4 Å². The number of unbranched alkanes of at least 4 members (excludes halogenated alkanes) is 11. The molecule has 5 heteroatoms. The Balaban J connectivity index is 0. The van der Waals surface area contributed by atoms with E-state index >= 15 is 0 Å². The SMILES string of the molecule is CC(O)CNCC(C)O.CCCCCCCC/C=C\CCCCCCCC(=O)O. The van der Waals surface area contributed by atoms with Crippen molar-refractivity contribution in [3.05, 3.63) is 12.2 Å². The number of aliphatic hydroxyl groups excluding tert-OH is 2. The number of hydrogen-bond donors (Lipinski definition) is 4. The van der Waals surface area contributed by atoms with Crippen molar-refractivity contribution in [1.82, 2.24) is 5.32 Å². The van der Waals surface area contributed by atoms with Crippen LogP contribution in [0.25, 0.3) is 0 Å². The Morgan fingerprint density at radius 3 is 1.59 bits per heavy atom. The first kappa shape index (κ1) is 30.3. The zero-order valence-corrected chi connectivity index (χ0v) is 19.4. The maximum absolute atomic E-state index is 10.3. The van der Waals surface area contributed by atoms with E-state index in [-0.39, 0.29) is 12.2 Å². The van der Waals surface area contributed by atoms with Crippen molar-refractivity contribution in [3.8, 4) is 0 Å². The van der Waals surface area contributed by atoms with Crippen LogP contribution in [0.5, 0.6) is 0 Å². The quantitative estimate of drug-likeness (QED) is 0.166. The third-order valence-electron chi connectivity index (χ3n) is 4.53. The second kappa shape index (κ2) is 25.1. The summed E-state index contributed by atoms with van der Waals surface area (Å²) in [5, 5.41) is 28.8. The van der Waals surface area contributed by atoms with Gasteiger partial charge in [0.1, 0.15) is 0 Å². The Labute approximate surface area is 180 Å². The summed E-state index contributed by atoms with van der Waals surface area (Å²) in [7, 11) is 0. The molecule has 2 atom stereocenters. The van der Waals surface area contributed by atoms with E-state index in [1.807, 2.05) is 0 Å². The number of carbonyl (C=O) groups is 1. The lowest BCUT2D eigenvalue weighted by atomic mass is 10.1. The molecule has 0 aliphatic carbocycles. The first-order valence-electron chi connectivity index (χ1n) is 11.8. The van der Waals surface area contributed by atoms with Crippen LogP contribution in [0.3, 0.4) is 0 Å². The predicted molar refractivity (Wildman–Crippen MR) is 123 cm³/mol. The molecule has 0 aromatic heterocycles. The molecule has 0 aliphatic heterocycles. The number of aliphatic carboxylic acids is 1. The molecule has 0 saturated carbocycles. The molecule has 0 bridgehead atoms. The van der Waals surface area contributed by atoms with E-state index in [0.29, 0.717) is 19.5 Å². The van der Waals surface area contributed by atoms with Crippen LogP contribution < -0.4 is 5.32 Å². The van der Waals surface area contributed by atoms with Gasteiger partial charge in [-0.2, -0.15) is 0 Å². The summed E-state index contributed by atoms with van der Waals surface area (Å²) in [6, 6.07) is 0. The van der Waals surface area contributed by atoms with Gasteiger partial charge in [-0.3, -0.25) is 4.79 Å². The third-order valence-corrected chi connectivity index (χ3v) is 4.53.